The van der Waals surface area contributed by atoms with Crippen molar-refractivity contribution in [1.82, 2.24) is 9.97 Å². The second-order valence-corrected chi connectivity index (χ2v) is 7.42. The zero-order valence-corrected chi connectivity index (χ0v) is 16.4. The molecule has 0 saturated carbocycles. The van der Waals surface area contributed by atoms with Gasteiger partial charge in [0.1, 0.15) is 0 Å². The summed E-state index contributed by atoms with van der Waals surface area (Å²) in [6.07, 6.45) is 0. The van der Waals surface area contributed by atoms with Crippen LogP contribution in [-0.4, -0.2) is 21.6 Å². The fraction of sp³-hybridized carbons (Fsp3) is 0.105. The average Bonchev–Trinajstić information content (AvgIpc) is 2.63. The van der Waals surface area contributed by atoms with Crippen molar-refractivity contribution in [1.29, 1.82) is 0 Å². The molecule has 0 aliphatic rings. The molecule has 0 fully saturated rings. The van der Waals surface area contributed by atoms with E-state index in [4.69, 9.17) is 0 Å². The molecule has 132 valence electrons. The minimum atomic E-state index is -0.245. The van der Waals surface area contributed by atoms with E-state index in [1.807, 2.05) is 55.5 Å². The lowest BCUT2D eigenvalue weighted by Crippen LogP contribution is -2.15. The Morgan fingerprint density at radius 3 is 2.69 bits per heavy atom. The Kier molecular flexibility index (Phi) is 5.90. The van der Waals surface area contributed by atoms with Gasteiger partial charge in [-0.3, -0.25) is 9.59 Å². The highest BCUT2D eigenvalue weighted by molar-refractivity contribution is 9.10. The zero-order valence-electron chi connectivity index (χ0n) is 14.0. The first kappa shape index (κ1) is 18.4. The molecule has 0 aliphatic carbocycles. The maximum Gasteiger partial charge on any atom is 0.252 e. The molecular weight excluding hydrogens is 414 g/mol. The number of nitrogens with one attached hydrogen (secondary N) is 2. The number of H-pyrrole nitrogens is 1. The summed E-state index contributed by atoms with van der Waals surface area (Å²) >= 11 is 4.62. The fourth-order valence-corrected chi connectivity index (χ4v) is 3.24. The smallest absolute Gasteiger partial charge is 0.252 e. The number of hydrogen-bond donors (Lipinski definition) is 2. The molecule has 0 atom stereocenters. The van der Waals surface area contributed by atoms with Crippen LogP contribution in [0.5, 0.6) is 0 Å². The molecule has 0 unspecified atom stereocenters. The van der Waals surface area contributed by atoms with E-state index in [0.29, 0.717) is 10.9 Å². The number of halogens is 1. The number of anilines is 1. The molecule has 1 amide bonds. The van der Waals surface area contributed by atoms with Crippen molar-refractivity contribution in [2.24, 2.45) is 0 Å². The monoisotopic (exact) mass is 429 g/mol. The lowest BCUT2D eigenvalue weighted by atomic mass is 10.1. The SMILES string of the molecule is Cc1cc(NC(=O)CSc2nc(-c3ccccc3)cc(=O)[nH]2)ccc1Br. The van der Waals surface area contributed by atoms with Gasteiger partial charge in [-0.05, 0) is 30.7 Å². The summed E-state index contributed by atoms with van der Waals surface area (Å²) in [4.78, 5) is 31.1. The number of carbonyl (C=O) groups is 1. The minimum Gasteiger partial charge on any atom is -0.325 e. The van der Waals surface area contributed by atoms with Crippen LogP contribution in [0.3, 0.4) is 0 Å². The van der Waals surface area contributed by atoms with Gasteiger partial charge in [-0.25, -0.2) is 4.98 Å². The van der Waals surface area contributed by atoms with Gasteiger partial charge in [0.05, 0.1) is 11.4 Å². The lowest BCUT2D eigenvalue weighted by molar-refractivity contribution is -0.113. The number of carbonyl (C=O) groups excluding carboxylic acids is 1. The maximum atomic E-state index is 12.2. The van der Waals surface area contributed by atoms with Gasteiger partial charge < -0.3 is 10.3 Å². The normalized spacial score (nSPS) is 10.5. The van der Waals surface area contributed by atoms with E-state index in [1.54, 1.807) is 0 Å². The third kappa shape index (κ3) is 4.83. The summed E-state index contributed by atoms with van der Waals surface area (Å²) in [6.45, 7) is 1.96. The predicted octanol–water partition coefficient (Wildman–Crippen LogP) is 4.24. The van der Waals surface area contributed by atoms with Gasteiger partial charge in [-0.2, -0.15) is 0 Å². The van der Waals surface area contributed by atoms with Crippen LogP contribution in [0.4, 0.5) is 5.69 Å². The third-order valence-corrected chi connectivity index (χ3v) is 5.33. The van der Waals surface area contributed by atoms with Crippen LogP contribution in [-0.2, 0) is 4.79 Å². The van der Waals surface area contributed by atoms with Crippen LogP contribution in [0, 0.1) is 6.92 Å². The van der Waals surface area contributed by atoms with Crippen molar-refractivity contribution in [2.45, 2.75) is 12.1 Å². The predicted molar refractivity (Wildman–Crippen MR) is 109 cm³/mol. The maximum absolute atomic E-state index is 12.2. The van der Waals surface area contributed by atoms with Crippen LogP contribution < -0.4 is 10.9 Å². The molecule has 5 nitrogen and oxygen atoms in total. The molecule has 0 bridgehead atoms. The molecule has 3 rings (SSSR count). The molecule has 0 radical (unpaired) electrons. The molecule has 1 aromatic heterocycles. The number of aryl methyl sites for hydroxylation is 1. The van der Waals surface area contributed by atoms with Crippen LogP contribution in [0.2, 0.25) is 0 Å². The van der Waals surface area contributed by atoms with E-state index in [-0.39, 0.29) is 17.2 Å². The Morgan fingerprint density at radius 1 is 1.19 bits per heavy atom. The van der Waals surface area contributed by atoms with Gasteiger partial charge >= 0.3 is 0 Å². The van der Waals surface area contributed by atoms with Gasteiger partial charge in [-0.1, -0.05) is 58.0 Å². The first-order chi connectivity index (χ1) is 12.5. The molecule has 0 aliphatic heterocycles. The summed E-state index contributed by atoms with van der Waals surface area (Å²) < 4.78 is 0.990. The average molecular weight is 430 g/mol. The Morgan fingerprint density at radius 2 is 1.96 bits per heavy atom. The fourth-order valence-electron chi connectivity index (χ4n) is 2.31. The van der Waals surface area contributed by atoms with Crippen molar-refractivity contribution in [3.8, 4) is 11.3 Å². The first-order valence-electron chi connectivity index (χ1n) is 7.87. The number of aromatic nitrogens is 2. The van der Waals surface area contributed by atoms with Crippen LogP contribution in [0.15, 0.2) is 69.0 Å². The second-order valence-electron chi connectivity index (χ2n) is 5.60. The van der Waals surface area contributed by atoms with Gasteiger partial charge in [0, 0.05) is 21.8 Å². The molecule has 2 N–H and O–H groups in total. The molecule has 3 aromatic rings. The Labute approximate surface area is 163 Å². The summed E-state index contributed by atoms with van der Waals surface area (Å²) in [6, 6.07) is 16.5. The van der Waals surface area contributed by atoms with E-state index in [2.05, 4.69) is 31.2 Å². The summed E-state index contributed by atoms with van der Waals surface area (Å²) in [7, 11) is 0. The number of nitrogens with zero attached hydrogens (tertiary/aromatic N) is 1. The van der Waals surface area contributed by atoms with Crippen LogP contribution in [0.25, 0.3) is 11.3 Å². The van der Waals surface area contributed by atoms with E-state index in [9.17, 15) is 9.59 Å². The highest BCUT2D eigenvalue weighted by Crippen LogP contribution is 2.21. The van der Waals surface area contributed by atoms with E-state index in [1.165, 1.54) is 17.8 Å². The van der Waals surface area contributed by atoms with Crippen molar-refractivity contribution in [3.63, 3.8) is 0 Å². The van der Waals surface area contributed by atoms with Crippen LogP contribution in [0.1, 0.15) is 5.56 Å². The summed E-state index contributed by atoms with van der Waals surface area (Å²) in [5.41, 5.74) is 2.97. The quantitative estimate of drug-likeness (QED) is 0.469. The molecule has 0 saturated heterocycles. The van der Waals surface area contributed by atoms with Gasteiger partial charge in [-0.15, -0.1) is 0 Å². The first-order valence-corrected chi connectivity index (χ1v) is 9.65. The molecule has 2 aromatic carbocycles. The Balaban J connectivity index is 1.67. The Bertz CT molecular complexity index is 990. The van der Waals surface area contributed by atoms with Gasteiger partial charge in [0.15, 0.2) is 5.16 Å². The van der Waals surface area contributed by atoms with Crippen molar-refractivity contribution < 1.29 is 4.79 Å². The number of thioether (sulfide) groups is 1. The third-order valence-electron chi connectivity index (χ3n) is 3.57. The highest BCUT2D eigenvalue weighted by Gasteiger charge is 2.08. The molecular formula is C19H16BrN3O2S. The number of aromatic amines is 1. The van der Waals surface area contributed by atoms with E-state index < -0.39 is 0 Å². The topological polar surface area (TPSA) is 74.8 Å². The van der Waals surface area contributed by atoms with Crippen LogP contribution >= 0.6 is 27.7 Å². The number of amides is 1. The summed E-state index contributed by atoms with van der Waals surface area (Å²) in [5, 5.41) is 3.26. The molecule has 1 heterocycles. The zero-order chi connectivity index (χ0) is 18.5. The minimum absolute atomic E-state index is 0.149. The molecule has 0 spiro atoms. The lowest BCUT2D eigenvalue weighted by Gasteiger charge is -2.07. The number of rotatable bonds is 5. The second kappa shape index (κ2) is 8.33. The van der Waals surface area contributed by atoms with E-state index >= 15 is 0 Å². The standard InChI is InChI=1S/C19H16BrN3O2S/c1-12-9-14(7-8-15(12)20)21-18(25)11-26-19-22-16(10-17(24)23-19)13-5-3-2-4-6-13/h2-10H,11H2,1H3,(H,21,25)(H,22,23,24). The number of hydrogen-bond acceptors (Lipinski definition) is 4. The van der Waals surface area contributed by atoms with E-state index in [0.717, 1.165) is 21.3 Å². The molecule has 26 heavy (non-hydrogen) atoms. The van der Waals surface area contributed by atoms with Crippen molar-refractivity contribution in [2.75, 3.05) is 11.1 Å². The highest BCUT2D eigenvalue weighted by atomic mass is 79.9. The van der Waals surface area contributed by atoms with Gasteiger partial charge in [0.25, 0.3) is 5.56 Å². The molecule has 7 heteroatoms. The number of benzene rings is 2. The largest absolute Gasteiger partial charge is 0.325 e. The summed E-state index contributed by atoms with van der Waals surface area (Å²) in [5.74, 6) is -0.0134. The van der Waals surface area contributed by atoms with Crippen molar-refractivity contribution in [3.05, 3.63) is 75.0 Å². The Hall–Kier alpha value is -2.38. The van der Waals surface area contributed by atoms with Crippen molar-refractivity contribution >= 4 is 39.3 Å². The van der Waals surface area contributed by atoms with Gasteiger partial charge in [0.2, 0.25) is 5.91 Å².